The Kier molecular flexibility index (Phi) is 7.13. The van der Waals surface area contributed by atoms with E-state index in [4.69, 9.17) is 0 Å². The van der Waals surface area contributed by atoms with Crippen LogP contribution in [0.3, 0.4) is 0 Å². The molecule has 2 heterocycles. The summed E-state index contributed by atoms with van der Waals surface area (Å²) >= 11 is 0. The number of likely N-dealkylation sites (tertiary alicyclic amines) is 1. The van der Waals surface area contributed by atoms with Crippen LogP contribution in [-0.4, -0.2) is 74.1 Å². The van der Waals surface area contributed by atoms with Crippen LogP contribution in [0.4, 0.5) is 4.79 Å². The second-order valence-corrected chi connectivity index (χ2v) is 10.5. The first kappa shape index (κ1) is 24.5. The van der Waals surface area contributed by atoms with Crippen molar-refractivity contribution in [2.45, 2.75) is 23.8 Å². The Balaban J connectivity index is 1.57. The predicted octanol–water partition coefficient (Wildman–Crippen LogP) is 4.55. The number of urea groups is 1. The van der Waals surface area contributed by atoms with Crippen molar-refractivity contribution < 1.29 is 4.79 Å². The van der Waals surface area contributed by atoms with Gasteiger partial charge in [-0.2, -0.15) is 0 Å². The van der Waals surface area contributed by atoms with E-state index in [2.05, 4.69) is 118 Å². The summed E-state index contributed by atoms with van der Waals surface area (Å²) in [5, 5.41) is 2.93. The number of amides is 2. The van der Waals surface area contributed by atoms with E-state index < -0.39 is 5.54 Å². The largest absolute Gasteiger partial charge is 0.341 e. The van der Waals surface area contributed by atoms with Gasteiger partial charge in [-0.15, -0.1) is 0 Å². The summed E-state index contributed by atoms with van der Waals surface area (Å²) in [6.45, 7) is 5.51. The lowest BCUT2D eigenvalue weighted by Crippen LogP contribution is -2.65. The number of carbonyl (C=O) groups is 1. The standard InChI is InChI=1S/C31H38N4O/c1-32-29(36)35-23-22-34(24-30(18-20-33(2)21-19-30)26-12-6-3-7-13-26)25-31(35,27-14-8-4-9-15-27)28-16-10-5-11-17-28/h3-17H,18-25H2,1-2H3,(H,32,36). The Morgan fingerprint density at radius 3 is 1.75 bits per heavy atom. The van der Waals surface area contributed by atoms with Crippen molar-refractivity contribution in [1.29, 1.82) is 0 Å². The smallest absolute Gasteiger partial charge is 0.318 e. The maximum absolute atomic E-state index is 13.3. The Morgan fingerprint density at radius 2 is 1.25 bits per heavy atom. The number of nitrogens with zero attached hydrogens (tertiary/aromatic N) is 3. The van der Waals surface area contributed by atoms with Gasteiger partial charge >= 0.3 is 6.03 Å². The third-order valence-electron chi connectivity index (χ3n) is 8.37. The summed E-state index contributed by atoms with van der Waals surface area (Å²) in [4.78, 5) is 20.5. The lowest BCUT2D eigenvalue weighted by molar-refractivity contribution is 0.0259. The first-order valence-electron chi connectivity index (χ1n) is 13.1. The highest BCUT2D eigenvalue weighted by atomic mass is 16.2. The molecule has 0 unspecified atom stereocenters. The van der Waals surface area contributed by atoms with Crippen molar-refractivity contribution >= 4 is 6.03 Å². The van der Waals surface area contributed by atoms with E-state index in [1.165, 1.54) is 5.56 Å². The van der Waals surface area contributed by atoms with Gasteiger partial charge in [0.15, 0.2) is 0 Å². The molecule has 36 heavy (non-hydrogen) atoms. The summed E-state index contributed by atoms with van der Waals surface area (Å²) < 4.78 is 0. The molecule has 2 amide bonds. The fraction of sp³-hybridized carbons (Fsp3) is 0.387. The zero-order chi connectivity index (χ0) is 25.0. The van der Waals surface area contributed by atoms with Crippen molar-refractivity contribution in [3.63, 3.8) is 0 Å². The second-order valence-electron chi connectivity index (χ2n) is 10.5. The van der Waals surface area contributed by atoms with Crippen LogP contribution in [0.2, 0.25) is 0 Å². The minimum atomic E-state index is -0.565. The van der Waals surface area contributed by atoms with E-state index in [-0.39, 0.29) is 11.4 Å². The Hall–Kier alpha value is -3.15. The first-order chi connectivity index (χ1) is 17.6. The van der Waals surface area contributed by atoms with Gasteiger partial charge in [0.25, 0.3) is 0 Å². The lowest BCUT2D eigenvalue weighted by atomic mass is 9.71. The molecule has 0 saturated carbocycles. The van der Waals surface area contributed by atoms with Gasteiger partial charge in [-0.05, 0) is 49.7 Å². The summed E-state index contributed by atoms with van der Waals surface area (Å²) in [6, 6.07) is 32.2. The molecular formula is C31H38N4O. The normalized spacial score (nSPS) is 20.1. The SMILES string of the molecule is CNC(=O)N1CCN(CC2(c3ccccc3)CCN(C)CC2)CC1(c1ccccc1)c1ccccc1. The van der Waals surface area contributed by atoms with Crippen molar-refractivity contribution in [3.05, 3.63) is 108 Å². The summed E-state index contributed by atoms with van der Waals surface area (Å²) in [7, 11) is 3.96. The van der Waals surface area contributed by atoms with Crippen LogP contribution in [0.25, 0.3) is 0 Å². The molecule has 2 saturated heterocycles. The summed E-state index contributed by atoms with van der Waals surface area (Å²) in [6.07, 6.45) is 2.29. The molecule has 2 fully saturated rings. The number of hydrogen-bond acceptors (Lipinski definition) is 3. The number of piperazine rings is 1. The number of nitrogens with one attached hydrogen (secondary N) is 1. The number of carbonyl (C=O) groups excluding carboxylic acids is 1. The van der Waals surface area contributed by atoms with Crippen LogP contribution in [0, 0.1) is 0 Å². The van der Waals surface area contributed by atoms with Crippen LogP contribution in [0.5, 0.6) is 0 Å². The molecule has 5 heteroatoms. The van der Waals surface area contributed by atoms with E-state index >= 15 is 0 Å². The molecular weight excluding hydrogens is 444 g/mol. The van der Waals surface area contributed by atoms with Gasteiger partial charge in [0.05, 0.1) is 0 Å². The highest BCUT2D eigenvalue weighted by molar-refractivity contribution is 5.76. The van der Waals surface area contributed by atoms with E-state index in [0.717, 1.165) is 56.7 Å². The molecule has 3 aromatic rings. The van der Waals surface area contributed by atoms with E-state index in [0.29, 0.717) is 6.54 Å². The van der Waals surface area contributed by atoms with E-state index in [9.17, 15) is 4.79 Å². The fourth-order valence-corrected chi connectivity index (χ4v) is 6.36. The molecule has 0 aliphatic carbocycles. The molecule has 0 radical (unpaired) electrons. The maximum atomic E-state index is 13.3. The minimum Gasteiger partial charge on any atom is -0.341 e. The Morgan fingerprint density at radius 1 is 0.750 bits per heavy atom. The monoisotopic (exact) mass is 482 g/mol. The minimum absolute atomic E-state index is 0.0283. The molecule has 0 spiro atoms. The van der Waals surface area contributed by atoms with Crippen molar-refractivity contribution in [2.75, 3.05) is 53.4 Å². The number of rotatable bonds is 5. The van der Waals surface area contributed by atoms with Gasteiger partial charge in [-0.3, -0.25) is 4.90 Å². The third kappa shape index (κ3) is 4.54. The predicted molar refractivity (Wildman–Crippen MR) is 146 cm³/mol. The number of benzene rings is 3. The van der Waals surface area contributed by atoms with Crippen LogP contribution < -0.4 is 5.32 Å². The van der Waals surface area contributed by atoms with Crippen molar-refractivity contribution in [2.24, 2.45) is 0 Å². The van der Waals surface area contributed by atoms with E-state index in [1.807, 2.05) is 0 Å². The van der Waals surface area contributed by atoms with Crippen LogP contribution in [0.15, 0.2) is 91.0 Å². The zero-order valence-corrected chi connectivity index (χ0v) is 21.6. The van der Waals surface area contributed by atoms with Crippen molar-refractivity contribution in [3.8, 4) is 0 Å². The Labute approximate surface area is 215 Å². The van der Waals surface area contributed by atoms with Crippen LogP contribution in [0.1, 0.15) is 29.5 Å². The molecule has 0 bridgehead atoms. The molecule has 2 aliphatic heterocycles. The van der Waals surface area contributed by atoms with Gasteiger partial charge in [-0.1, -0.05) is 91.0 Å². The van der Waals surface area contributed by atoms with Gasteiger partial charge in [0.2, 0.25) is 0 Å². The molecule has 3 aromatic carbocycles. The zero-order valence-electron chi connectivity index (χ0n) is 21.6. The van der Waals surface area contributed by atoms with Crippen LogP contribution >= 0.6 is 0 Å². The first-order valence-corrected chi connectivity index (χ1v) is 13.1. The number of piperidine rings is 1. The summed E-state index contributed by atoms with van der Waals surface area (Å²) in [5.41, 5.74) is 3.30. The molecule has 2 aliphatic rings. The van der Waals surface area contributed by atoms with Crippen LogP contribution in [-0.2, 0) is 11.0 Å². The Bertz CT molecular complexity index is 1090. The van der Waals surface area contributed by atoms with Gasteiger partial charge in [0, 0.05) is 38.6 Å². The molecule has 188 valence electrons. The lowest BCUT2D eigenvalue weighted by Gasteiger charge is -2.53. The third-order valence-corrected chi connectivity index (χ3v) is 8.37. The highest BCUT2D eigenvalue weighted by Crippen LogP contribution is 2.42. The van der Waals surface area contributed by atoms with Gasteiger partial charge in [0.1, 0.15) is 5.54 Å². The molecule has 5 rings (SSSR count). The topological polar surface area (TPSA) is 38.8 Å². The van der Waals surface area contributed by atoms with Gasteiger partial charge < -0.3 is 15.1 Å². The fourth-order valence-electron chi connectivity index (χ4n) is 6.36. The van der Waals surface area contributed by atoms with E-state index in [1.54, 1.807) is 7.05 Å². The molecule has 5 nitrogen and oxygen atoms in total. The average molecular weight is 483 g/mol. The second kappa shape index (κ2) is 10.5. The maximum Gasteiger partial charge on any atom is 0.318 e. The summed E-state index contributed by atoms with van der Waals surface area (Å²) in [5.74, 6) is 0. The quantitative estimate of drug-likeness (QED) is 0.580. The average Bonchev–Trinajstić information content (AvgIpc) is 2.95. The number of hydrogen-bond donors (Lipinski definition) is 1. The highest BCUT2D eigenvalue weighted by Gasteiger charge is 2.48. The molecule has 0 aromatic heterocycles. The molecule has 1 N–H and O–H groups in total. The van der Waals surface area contributed by atoms with Crippen molar-refractivity contribution in [1.82, 2.24) is 20.0 Å². The molecule has 0 atom stereocenters. The van der Waals surface area contributed by atoms with Gasteiger partial charge in [-0.25, -0.2) is 4.79 Å².